The molecule has 2 aliphatic rings. The number of hydrogen-bond acceptors (Lipinski definition) is 7. The van der Waals surface area contributed by atoms with Crippen LogP contribution in [0.5, 0.6) is 0 Å². The highest BCUT2D eigenvalue weighted by Gasteiger charge is 2.29. The minimum atomic E-state index is -0.0254. The minimum absolute atomic E-state index is 0.0254. The smallest absolute Gasteiger partial charge is 0.257 e. The predicted octanol–water partition coefficient (Wildman–Crippen LogP) is 2.74. The van der Waals surface area contributed by atoms with Gasteiger partial charge in [-0.25, -0.2) is 4.98 Å². The van der Waals surface area contributed by atoms with Crippen molar-refractivity contribution < 1.29 is 13.9 Å². The Morgan fingerprint density at radius 3 is 2.66 bits per heavy atom. The van der Waals surface area contributed by atoms with Crippen LogP contribution < -0.4 is 9.80 Å². The summed E-state index contributed by atoms with van der Waals surface area (Å²) in [7, 11) is 2.02. The van der Waals surface area contributed by atoms with E-state index in [1.165, 1.54) is 18.1 Å². The second-order valence-electron chi connectivity index (χ2n) is 8.20. The molecular weight excluding hydrogens is 406 g/mol. The fraction of sp³-hybridized carbons (Fsp3) is 0.375. The monoisotopic (exact) mass is 433 g/mol. The van der Waals surface area contributed by atoms with E-state index in [9.17, 15) is 4.79 Å². The third-order valence-electron chi connectivity index (χ3n) is 6.00. The Hall–Kier alpha value is -3.39. The van der Waals surface area contributed by atoms with Gasteiger partial charge in [0, 0.05) is 45.2 Å². The lowest BCUT2D eigenvalue weighted by Crippen LogP contribution is -2.41. The lowest BCUT2D eigenvalue weighted by molar-refractivity contribution is 0.0732. The number of hydrogen-bond donors (Lipinski definition) is 0. The number of amides is 1. The normalized spacial score (nSPS) is 16.0. The van der Waals surface area contributed by atoms with Crippen LogP contribution in [0, 0.1) is 0 Å². The Kier molecular flexibility index (Phi) is 5.77. The van der Waals surface area contributed by atoms with Gasteiger partial charge in [-0.15, -0.1) is 0 Å². The van der Waals surface area contributed by atoms with E-state index in [1.54, 1.807) is 6.07 Å². The molecule has 0 bridgehead atoms. The van der Waals surface area contributed by atoms with Gasteiger partial charge in [-0.1, -0.05) is 30.3 Å². The van der Waals surface area contributed by atoms with Crippen molar-refractivity contribution in [1.29, 1.82) is 0 Å². The van der Waals surface area contributed by atoms with Crippen molar-refractivity contribution in [2.45, 2.75) is 19.5 Å². The summed E-state index contributed by atoms with van der Waals surface area (Å²) < 4.78 is 10.7. The van der Waals surface area contributed by atoms with Gasteiger partial charge in [0.1, 0.15) is 12.1 Å². The third kappa shape index (κ3) is 4.18. The summed E-state index contributed by atoms with van der Waals surface area (Å²) >= 11 is 0. The van der Waals surface area contributed by atoms with Gasteiger partial charge in [-0.05, 0) is 11.6 Å². The number of furan rings is 1. The van der Waals surface area contributed by atoms with Crippen LogP contribution in [0.15, 0.2) is 53.3 Å². The number of anilines is 2. The van der Waals surface area contributed by atoms with E-state index in [0.29, 0.717) is 44.2 Å². The molecule has 4 heterocycles. The molecule has 1 amide bonds. The summed E-state index contributed by atoms with van der Waals surface area (Å²) in [6, 6.07) is 12.0. The fourth-order valence-corrected chi connectivity index (χ4v) is 4.26. The van der Waals surface area contributed by atoms with Gasteiger partial charge in [0.15, 0.2) is 0 Å². The zero-order chi connectivity index (χ0) is 21.9. The van der Waals surface area contributed by atoms with Crippen LogP contribution in [0.25, 0.3) is 0 Å². The van der Waals surface area contributed by atoms with Crippen LogP contribution in [-0.2, 0) is 24.2 Å². The second-order valence-corrected chi connectivity index (χ2v) is 8.20. The molecule has 5 rings (SSSR count). The number of benzene rings is 1. The topological polar surface area (TPSA) is 74.9 Å². The summed E-state index contributed by atoms with van der Waals surface area (Å²) in [6.07, 6.45) is 3.73. The molecule has 1 fully saturated rings. The van der Waals surface area contributed by atoms with Crippen LogP contribution in [0.2, 0.25) is 0 Å². The lowest BCUT2D eigenvalue weighted by Gasteiger charge is -2.35. The molecule has 0 radical (unpaired) electrons. The van der Waals surface area contributed by atoms with Gasteiger partial charge in [-0.2, -0.15) is 4.98 Å². The summed E-state index contributed by atoms with van der Waals surface area (Å²) in [6.45, 7) is 4.75. The molecule has 0 unspecified atom stereocenters. The van der Waals surface area contributed by atoms with Crippen LogP contribution in [-0.4, -0.2) is 60.7 Å². The molecule has 0 atom stereocenters. The van der Waals surface area contributed by atoms with Crippen molar-refractivity contribution in [2.75, 3.05) is 49.7 Å². The van der Waals surface area contributed by atoms with Gasteiger partial charge in [0.25, 0.3) is 5.91 Å². The largest absolute Gasteiger partial charge is 0.472 e. The molecule has 0 saturated carbocycles. The quantitative estimate of drug-likeness (QED) is 0.612. The van der Waals surface area contributed by atoms with Gasteiger partial charge in [-0.3, -0.25) is 4.79 Å². The van der Waals surface area contributed by atoms with Crippen molar-refractivity contribution in [1.82, 2.24) is 14.9 Å². The number of carbonyl (C=O) groups excluding carboxylic acids is 1. The van der Waals surface area contributed by atoms with Gasteiger partial charge >= 0.3 is 0 Å². The van der Waals surface area contributed by atoms with E-state index in [-0.39, 0.29) is 5.91 Å². The van der Waals surface area contributed by atoms with Gasteiger partial charge in [0.2, 0.25) is 5.95 Å². The highest BCUT2D eigenvalue weighted by Crippen LogP contribution is 2.30. The minimum Gasteiger partial charge on any atom is -0.472 e. The molecular formula is C24H27N5O3. The molecule has 0 N–H and O–H groups in total. The van der Waals surface area contributed by atoms with Gasteiger partial charge < -0.3 is 23.9 Å². The molecule has 0 spiro atoms. The maximum Gasteiger partial charge on any atom is 0.257 e. The molecule has 8 heteroatoms. The number of ether oxygens (including phenoxy) is 1. The van der Waals surface area contributed by atoms with E-state index in [4.69, 9.17) is 19.1 Å². The third-order valence-corrected chi connectivity index (χ3v) is 6.00. The van der Waals surface area contributed by atoms with Crippen LogP contribution in [0.1, 0.15) is 27.2 Å². The Bertz CT molecular complexity index is 1060. The van der Waals surface area contributed by atoms with Crippen LogP contribution in [0.4, 0.5) is 11.8 Å². The summed E-state index contributed by atoms with van der Waals surface area (Å²) in [5.74, 6) is 1.60. The van der Waals surface area contributed by atoms with Gasteiger partial charge in [0.05, 0.1) is 37.3 Å². The molecule has 1 saturated heterocycles. The SMILES string of the molecule is CN(Cc1ccccc1)c1nc2c(c(N3CCOCC3)n1)CN(C(=O)c1ccoc1)CC2. The Morgan fingerprint density at radius 1 is 1.09 bits per heavy atom. The average Bonchev–Trinajstić information content (AvgIpc) is 3.39. The Morgan fingerprint density at radius 2 is 1.91 bits per heavy atom. The van der Waals surface area contributed by atoms with Crippen molar-refractivity contribution >= 4 is 17.7 Å². The molecule has 0 aliphatic carbocycles. The second kappa shape index (κ2) is 9.00. The number of morpholine rings is 1. The maximum atomic E-state index is 12.9. The first-order chi connectivity index (χ1) is 15.7. The number of aromatic nitrogens is 2. The molecule has 166 valence electrons. The van der Waals surface area contributed by atoms with E-state index in [2.05, 4.69) is 21.9 Å². The van der Waals surface area contributed by atoms with Crippen molar-refractivity contribution in [3.05, 3.63) is 71.3 Å². The molecule has 8 nitrogen and oxygen atoms in total. The lowest BCUT2D eigenvalue weighted by atomic mass is 10.0. The summed E-state index contributed by atoms with van der Waals surface area (Å²) in [5, 5.41) is 0. The zero-order valence-corrected chi connectivity index (χ0v) is 18.2. The van der Waals surface area contributed by atoms with E-state index < -0.39 is 0 Å². The predicted molar refractivity (Wildman–Crippen MR) is 121 cm³/mol. The van der Waals surface area contributed by atoms with Crippen molar-refractivity contribution in [2.24, 2.45) is 0 Å². The highest BCUT2D eigenvalue weighted by atomic mass is 16.5. The molecule has 32 heavy (non-hydrogen) atoms. The zero-order valence-electron chi connectivity index (χ0n) is 18.2. The number of fused-ring (bicyclic) bond motifs is 1. The fourth-order valence-electron chi connectivity index (χ4n) is 4.26. The standard InChI is InChI=1S/C24H27N5O3/c1-27(15-18-5-3-2-4-6-18)24-25-21-7-9-29(23(30)19-8-12-32-17-19)16-20(21)22(26-24)28-10-13-31-14-11-28/h2-6,8,12,17H,7,9-11,13-16H2,1H3. The number of carbonyl (C=O) groups is 1. The first-order valence-corrected chi connectivity index (χ1v) is 11.0. The summed E-state index contributed by atoms with van der Waals surface area (Å²) in [5.41, 5.74) is 3.84. The van der Waals surface area contributed by atoms with Crippen molar-refractivity contribution in [3.63, 3.8) is 0 Å². The Balaban J connectivity index is 1.46. The molecule has 2 aromatic heterocycles. The maximum absolute atomic E-state index is 12.9. The first kappa shape index (κ1) is 20.5. The average molecular weight is 434 g/mol. The molecule has 3 aromatic rings. The van der Waals surface area contributed by atoms with Crippen molar-refractivity contribution in [3.8, 4) is 0 Å². The van der Waals surface area contributed by atoms with E-state index >= 15 is 0 Å². The highest BCUT2D eigenvalue weighted by molar-refractivity contribution is 5.94. The molecule has 2 aliphatic heterocycles. The van der Waals surface area contributed by atoms with E-state index in [0.717, 1.165) is 36.7 Å². The summed E-state index contributed by atoms with van der Waals surface area (Å²) in [4.78, 5) is 29.0. The number of rotatable bonds is 5. The number of nitrogens with zero attached hydrogens (tertiary/aromatic N) is 5. The first-order valence-electron chi connectivity index (χ1n) is 11.0. The van der Waals surface area contributed by atoms with Crippen LogP contribution >= 0.6 is 0 Å². The van der Waals surface area contributed by atoms with E-state index in [1.807, 2.05) is 30.1 Å². The Labute approximate surface area is 187 Å². The molecule has 1 aromatic carbocycles. The van der Waals surface area contributed by atoms with Crippen LogP contribution in [0.3, 0.4) is 0 Å².